The second kappa shape index (κ2) is 5.66. The molecular weight excluding hydrogens is 268 g/mol. The molecule has 0 aliphatic heterocycles. The minimum atomic E-state index is 0.486. The second-order valence-electron chi connectivity index (χ2n) is 4.54. The zero-order chi connectivity index (χ0) is 14.7. The molecule has 0 atom stereocenters. The van der Waals surface area contributed by atoms with E-state index >= 15 is 0 Å². The number of nitrogens with two attached hydrogens (primary N) is 1. The van der Waals surface area contributed by atoms with Crippen LogP contribution in [-0.4, -0.2) is 32.9 Å². The lowest BCUT2D eigenvalue weighted by molar-refractivity contribution is 0.334. The van der Waals surface area contributed by atoms with Crippen LogP contribution in [0.4, 0.5) is 11.5 Å². The molecule has 0 fully saturated rings. The number of nitrogen functional groups attached to an aromatic ring is 1. The van der Waals surface area contributed by atoms with E-state index in [4.69, 9.17) is 10.5 Å². The van der Waals surface area contributed by atoms with E-state index in [0.717, 1.165) is 16.9 Å². The Morgan fingerprint density at radius 2 is 2.14 bits per heavy atom. The third kappa shape index (κ3) is 2.71. The van der Waals surface area contributed by atoms with E-state index in [1.807, 2.05) is 31.3 Å². The highest BCUT2D eigenvalue weighted by atomic mass is 16.5. The van der Waals surface area contributed by atoms with Gasteiger partial charge < -0.3 is 15.8 Å². The van der Waals surface area contributed by atoms with Crippen LogP contribution >= 0.6 is 0 Å². The molecule has 2 aromatic heterocycles. The minimum absolute atomic E-state index is 0.486. The van der Waals surface area contributed by atoms with Gasteiger partial charge in [-0.1, -0.05) is 12.1 Å². The largest absolute Gasteiger partial charge is 0.490 e. The molecule has 0 radical (unpaired) electrons. The van der Waals surface area contributed by atoms with Crippen molar-refractivity contribution in [3.05, 3.63) is 36.8 Å². The maximum atomic E-state index is 5.81. The summed E-state index contributed by atoms with van der Waals surface area (Å²) in [4.78, 5) is 8.42. The SMILES string of the molecule is Cn1ncc2c(NCCOc3ccccc3N)ncnc21. The number of aromatic nitrogens is 4. The van der Waals surface area contributed by atoms with E-state index in [1.165, 1.54) is 6.33 Å². The first-order chi connectivity index (χ1) is 10.3. The highest BCUT2D eigenvalue weighted by Gasteiger charge is 2.07. The number of benzene rings is 1. The molecule has 7 nitrogen and oxygen atoms in total. The number of para-hydroxylation sites is 2. The van der Waals surface area contributed by atoms with Crippen LogP contribution in [0.5, 0.6) is 5.75 Å². The number of ether oxygens (including phenoxy) is 1. The average molecular weight is 284 g/mol. The van der Waals surface area contributed by atoms with Gasteiger partial charge in [-0.3, -0.25) is 4.68 Å². The third-order valence-electron chi connectivity index (χ3n) is 3.10. The molecule has 0 spiro atoms. The summed E-state index contributed by atoms with van der Waals surface area (Å²) in [6.07, 6.45) is 3.26. The van der Waals surface area contributed by atoms with Gasteiger partial charge in [0.1, 0.15) is 24.5 Å². The number of hydrogen-bond acceptors (Lipinski definition) is 6. The van der Waals surface area contributed by atoms with Crippen molar-refractivity contribution in [3.63, 3.8) is 0 Å². The maximum Gasteiger partial charge on any atom is 0.163 e. The van der Waals surface area contributed by atoms with Gasteiger partial charge in [0.2, 0.25) is 0 Å². The first-order valence-corrected chi connectivity index (χ1v) is 6.59. The Hall–Kier alpha value is -2.83. The molecular formula is C14H16N6O. The fourth-order valence-corrected chi connectivity index (χ4v) is 2.05. The van der Waals surface area contributed by atoms with Crippen LogP contribution in [0.3, 0.4) is 0 Å². The molecule has 0 aliphatic carbocycles. The van der Waals surface area contributed by atoms with Crippen molar-refractivity contribution in [2.75, 3.05) is 24.2 Å². The van der Waals surface area contributed by atoms with E-state index in [2.05, 4.69) is 20.4 Å². The molecule has 0 saturated heterocycles. The van der Waals surface area contributed by atoms with Crippen molar-refractivity contribution in [1.29, 1.82) is 0 Å². The summed E-state index contributed by atoms with van der Waals surface area (Å²) in [5.41, 5.74) is 7.24. The average Bonchev–Trinajstić information content (AvgIpc) is 2.88. The molecule has 0 saturated carbocycles. The number of aryl methyl sites for hydroxylation is 1. The smallest absolute Gasteiger partial charge is 0.163 e. The van der Waals surface area contributed by atoms with Crippen molar-refractivity contribution >= 4 is 22.5 Å². The van der Waals surface area contributed by atoms with Gasteiger partial charge >= 0.3 is 0 Å². The van der Waals surface area contributed by atoms with Crippen LogP contribution in [0.25, 0.3) is 11.0 Å². The summed E-state index contributed by atoms with van der Waals surface area (Å²) >= 11 is 0. The Labute approximate surface area is 121 Å². The van der Waals surface area contributed by atoms with Gasteiger partial charge in [0.05, 0.1) is 23.8 Å². The summed E-state index contributed by atoms with van der Waals surface area (Å²) in [7, 11) is 1.85. The van der Waals surface area contributed by atoms with Crippen molar-refractivity contribution in [1.82, 2.24) is 19.7 Å². The number of nitrogens with one attached hydrogen (secondary N) is 1. The van der Waals surface area contributed by atoms with E-state index < -0.39 is 0 Å². The van der Waals surface area contributed by atoms with Crippen LogP contribution in [0.2, 0.25) is 0 Å². The Morgan fingerprint density at radius 3 is 3.00 bits per heavy atom. The van der Waals surface area contributed by atoms with Crippen LogP contribution in [0, 0.1) is 0 Å². The van der Waals surface area contributed by atoms with Gasteiger partial charge in [0.25, 0.3) is 0 Å². The second-order valence-corrected chi connectivity index (χ2v) is 4.54. The molecule has 1 aromatic carbocycles. The summed E-state index contributed by atoms with van der Waals surface area (Å²) in [5.74, 6) is 1.44. The van der Waals surface area contributed by atoms with E-state index in [9.17, 15) is 0 Å². The molecule has 0 amide bonds. The number of anilines is 2. The maximum absolute atomic E-state index is 5.81. The summed E-state index contributed by atoms with van der Waals surface area (Å²) in [6, 6.07) is 7.43. The fraction of sp³-hybridized carbons (Fsp3) is 0.214. The normalized spacial score (nSPS) is 10.7. The minimum Gasteiger partial charge on any atom is -0.490 e. The fourth-order valence-electron chi connectivity index (χ4n) is 2.05. The lowest BCUT2D eigenvalue weighted by Gasteiger charge is -2.10. The van der Waals surface area contributed by atoms with Crippen LogP contribution in [-0.2, 0) is 7.05 Å². The molecule has 3 N–H and O–H groups in total. The highest BCUT2D eigenvalue weighted by molar-refractivity contribution is 5.85. The van der Waals surface area contributed by atoms with Crippen molar-refractivity contribution in [2.24, 2.45) is 7.05 Å². The molecule has 7 heteroatoms. The zero-order valence-electron chi connectivity index (χ0n) is 11.7. The van der Waals surface area contributed by atoms with E-state index in [-0.39, 0.29) is 0 Å². The van der Waals surface area contributed by atoms with Gasteiger partial charge in [-0.2, -0.15) is 5.10 Å². The predicted molar refractivity (Wildman–Crippen MR) is 81.1 cm³/mol. The van der Waals surface area contributed by atoms with Crippen molar-refractivity contribution < 1.29 is 4.74 Å². The first-order valence-electron chi connectivity index (χ1n) is 6.59. The van der Waals surface area contributed by atoms with Gasteiger partial charge in [0.15, 0.2) is 5.65 Å². The van der Waals surface area contributed by atoms with Crippen molar-refractivity contribution in [3.8, 4) is 5.75 Å². The van der Waals surface area contributed by atoms with Crippen molar-refractivity contribution in [2.45, 2.75) is 0 Å². The zero-order valence-corrected chi connectivity index (χ0v) is 11.7. The molecule has 3 rings (SSSR count). The quantitative estimate of drug-likeness (QED) is 0.544. The molecule has 108 valence electrons. The molecule has 21 heavy (non-hydrogen) atoms. The molecule has 2 heterocycles. The lowest BCUT2D eigenvalue weighted by atomic mass is 10.3. The van der Waals surface area contributed by atoms with Gasteiger partial charge in [-0.05, 0) is 12.1 Å². The van der Waals surface area contributed by atoms with Crippen LogP contribution < -0.4 is 15.8 Å². The van der Waals surface area contributed by atoms with E-state index in [0.29, 0.717) is 24.6 Å². The summed E-state index contributed by atoms with van der Waals surface area (Å²) in [5, 5.41) is 8.28. The number of rotatable bonds is 5. The Bertz CT molecular complexity index is 754. The first kappa shape index (κ1) is 13.2. The number of hydrogen-bond donors (Lipinski definition) is 2. The Morgan fingerprint density at radius 1 is 1.29 bits per heavy atom. The lowest BCUT2D eigenvalue weighted by Crippen LogP contribution is -2.13. The van der Waals surface area contributed by atoms with E-state index in [1.54, 1.807) is 10.9 Å². The molecule has 0 bridgehead atoms. The molecule has 0 aliphatic rings. The van der Waals surface area contributed by atoms with Crippen LogP contribution in [0.15, 0.2) is 36.8 Å². The summed E-state index contributed by atoms with van der Waals surface area (Å²) in [6.45, 7) is 1.09. The topological polar surface area (TPSA) is 90.9 Å². The standard InChI is InChI=1S/C14H16N6O/c1-20-14-10(8-19-20)13(17-9-18-14)16-6-7-21-12-5-3-2-4-11(12)15/h2-5,8-9H,6-7,15H2,1H3,(H,16,17,18). The highest BCUT2D eigenvalue weighted by Crippen LogP contribution is 2.20. The third-order valence-corrected chi connectivity index (χ3v) is 3.10. The number of fused-ring (bicyclic) bond motifs is 1. The molecule has 0 unspecified atom stereocenters. The monoisotopic (exact) mass is 284 g/mol. The number of nitrogens with zero attached hydrogens (tertiary/aromatic N) is 4. The van der Waals surface area contributed by atoms with Gasteiger partial charge in [0, 0.05) is 7.05 Å². The van der Waals surface area contributed by atoms with Gasteiger partial charge in [-0.25, -0.2) is 9.97 Å². The van der Waals surface area contributed by atoms with Gasteiger partial charge in [-0.15, -0.1) is 0 Å². The van der Waals surface area contributed by atoms with Crippen LogP contribution in [0.1, 0.15) is 0 Å². The summed E-state index contributed by atoms with van der Waals surface area (Å²) < 4.78 is 7.34. The Balaban J connectivity index is 1.61. The predicted octanol–water partition coefficient (Wildman–Crippen LogP) is 1.44. The molecule has 3 aromatic rings. The Kier molecular flexibility index (Phi) is 3.55.